The lowest BCUT2D eigenvalue weighted by atomic mass is 10.2. The van der Waals surface area contributed by atoms with Crippen LogP contribution in [0.1, 0.15) is 25.6 Å². The van der Waals surface area contributed by atoms with Crippen molar-refractivity contribution in [3.8, 4) is 0 Å². The second-order valence-electron chi connectivity index (χ2n) is 4.32. The predicted octanol–water partition coefficient (Wildman–Crippen LogP) is 3.43. The van der Waals surface area contributed by atoms with Crippen LogP contribution in [0.4, 0.5) is 0 Å². The van der Waals surface area contributed by atoms with Crippen molar-refractivity contribution >= 4 is 34.2 Å². The number of fused-ring (bicyclic) bond motifs is 1. The average Bonchev–Trinajstić information content (AvgIpc) is 2.59. The summed E-state index contributed by atoms with van der Waals surface area (Å²) < 4.78 is 2.11. The quantitative estimate of drug-likeness (QED) is 0.930. The summed E-state index contributed by atoms with van der Waals surface area (Å²) in [5.41, 5.74) is 7.51. The molecule has 0 saturated heterocycles. The molecule has 0 saturated carbocycles. The molecule has 0 fully saturated rings. The molecule has 0 aliphatic heterocycles. The van der Waals surface area contributed by atoms with E-state index in [1.54, 1.807) is 6.07 Å². The molecule has 2 N–H and O–H groups in total. The molecule has 0 radical (unpaired) electrons. The molecule has 1 aromatic heterocycles. The zero-order valence-electron chi connectivity index (χ0n) is 9.87. The highest BCUT2D eigenvalue weighted by Crippen LogP contribution is 2.29. The van der Waals surface area contributed by atoms with Gasteiger partial charge in [0.25, 0.3) is 0 Å². The van der Waals surface area contributed by atoms with Crippen LogP contribution in [0.15, 0.2) is 12.1 Å². The third-order valence-electron chi connectivity index (χ3n) is 2.69. The monoisotopic (exact) mass is 271 g/mol. The zero-order valence-corrected chi connectivity index (χ0v) is 11.4. The van der Waals surface area contributed by atoms with Gasteiger partial charge in [-0.2, -0.15) is 0 Å². The maximum Gasteiger partial charge on any atom is 0.112 e. The van der Waals surface area contributed by atoms with Gasteiger partial charge in [-0.25, -0.2) is 4.98 Å². The Labute approximate surface area is 111 Å². The van der Waals surface area contributed by atoms with Crippen LogP contribution >= 0.6 is 23.2 Å². The van der Waals surface area contributed by atoms with E-state index in [1.165, 1.54) is 0 Å². The second-order valence-corrected chi connectivity index (χ2v) is 5.13. The Morgan fingerprint density at radius 3 is 2.53 bits per heavy atom. The van der Waals surface area contributed by atoms with Gasteiger partial charge in [0.15, 0.2) is 0 Å². The van der Waals surface area contributed by atoms with Crippen LogP contribution in [0, 0.1) is 0 Å². The number of halogens is 2. The van der Waals surface area contributed by atoms with E-state index in [2.05, 4.69) is 23.4 Å². The molecule has 0 aliphatic rings. The van der Waals surface area contributed by atoms with Crippen molar-refractivity contribution in [3.05, 3.63) is 28.0 Å². The van der Waals surface area contributed by atoms with E-state index < -0.39 is 0 Å². The fourth-order valence-electron chi connectivity index (χ4n) is 1.94. The Morgan fingerprint density at radius 2 is 1.94 bits per heavy atom. The Hall–Kier alpha value is -0.770. The summed E-state index contributed by atoms with van der Waals surface area (Å²) in [4.78, 5) is 4.60. The summed E-state index contributed by atoms with van der Waals surface area (Å²) in [5.74, 6) is 1.36. The molecule has 92 valence electrons. The first-order valence-corrected chi connectivity index (χ1v) is 6.35. The molecule has 0 aliphatic carbocycles. The van der Waals surface area contributed by atoms with Gasteiger partial charge in [-0.3, -0.25) is 0 Å². The number of imidazole rings is 1. The van der Waals surface area contributed by atoms with Gasteiger partial charge in [0.05, 0.1) is 21.1 Å². The Balaban J connectivity index is 2.71. The Kier molecular flexibility index (Phi) is 3.61. The second kappa shape index (κ2) is 4.84. The predicted molar refractivity (Wildman–Crippen MR) is 72.9 cm³/mol. The Morgan fingerprint density at radius 1 is 1.29 bits per heavy atom. The lowest BCUT2D eigenvalue weighted by Gasteiger charge is -2.10. The summed E-state index contributed by atoms with van der Waals surface area (Å²) in [5, 5.41) is 1.08. The van der Waals surface area contributed by atoms with E-state index >= 15 is 0 Å². The minimum Gasteiger partial charge on any atom is -0.329 e. The fraction of sp³-hybridized carbons (Fsp3) is 0.417. The van der Waals surface area contributed by atoms with Crippen molar-refractivity contribution in [1.82, 2.24) is 9.55 Å². The van der Waals surface area contributed by atoms with Gasteiger partial charge in [0.1, 0.15) is 5.82 Å². The molecule has 17 heavy (non-hydrogen) atoms. The summed E-state index contributed by atoms with van der Waals surface area (Å²) in [6.45, 7) is 5.53. The van der Waals surface area contributed by atoms with Gasteiger partial charge in [0, 0.05) is 19.0 Å². The number of hydrogen-bond donors (Lipinski definition) is 1. The summed E-state index contributed by atoms with van der Waals surface area (Å²) in [6, 6.07) is 3.66. The summed E-state index contributed by atoms with van der Waals surface area (Å²) in [7, 11) is 0. The summed E-state index contributed by atoms with van der Waals surface area (Å²) >= 11 is 12.0. The molecule has 2 aromatic rings. The lowest BCUT2D eigenvalue weighted by Crippen LogP contribution is -2.13. The van der Waals surface area contributed by atoms with E-state index in [0.29, 0.717) is 22.5 Å². The number of hydrogen-bond acceptors (Lipinski definition) is 2. The molecular weight excluding hydrogens is 257 g/mol. The molecule has 0 spiro atoms. The number of rotatable bonds is 3. The highest BCUT2D eigenvalue weighted by Gasteiger charge is 2.14. The standard InChI is InChI=1S/C12H15Cl2N3/c1-7(2)12-16-10-5-8(13)9(14)6-11(10)17(12)4-3-15/h5-7H,3-4,15H2,1-2H3. The normalized spacial score (nSPS) is 11.6. The maximum atomic E-state index is 6.04. The first-order valence-electron chi connectivity index (χ1n) is 5.59. The number of nitrogens with two attached hydrogens (primary N) is 1. The van der Waals surface area contributed by atoms with Crippen molar-refractivity contribution in [2.45, 2.75) is 26.3 Å². The van der Waals surface area contributed by atoms with Gasteiger partial charge < -0.3 is 10.3 Å². The highest BCUT2D eigenvalue weighted by molar-refractivity contribution is 6.42. The van der Waals surface area contributed by atoms with Crippen LogP contribution in [0.2, 0.25) is 10.0 Å². The molecule has 3 nitrogen and oxygen atoms in total. The first kappa shape index (κ1) is 12.7. The number of aromatic nitrogens is 2. The Bertz CT molecular complexity index is 546. The van der Waals surface area contributed by atoms with Crippen LogP contribution in [0.3, 0.4) is 0 Å². The molecular formula is C12H15Cl2N3. The van der Waals surface area contributed by atoms with Gasteiger partial charge in [-0.1, -0.05) is 37.0 Å². The highest BCUT2D eigenvalue weighted by atomic mass is 35.5. The van der Waals surface area contributed by atoms with E-state index in [4.69, 9.17) is 28.9 Å². The third kappa shape index (κ3) is 2.28. The van der Waals surface area contributed by atoms with Crippen LogP contribution in [-0.4, -0.2) is 16.1 Å². The minimum atomic E-state index is 0.339. The van der Waals surface area contributed by atoms with Crippen molar-refractivity contribution in [2.24, 2.45) is 5.73 Å². The lowest BCUT2D eigenvalue weighted by molar-refractivity contribution is 0.642. The van der Waals surface area contributed by atoms with Crippen molar-refractivity contribution in [2.75, 3.05) is 6.54 Å². The largest absolute Gasteiger partial charge is 0.329 e. The zero-order chi connectivity index (χ0) is 12.6. The average molecular weight is 272 g/mol. The van der Waals surface area contributed by atoms with E-state index in [-0.39, 0.29) is 0 Å². The van der Waals surface area contributed by atoms with E-state index in [9.17, 15) is 0 Å². The van der Waals surface area contributed by atoms with E-state index in [1.807, 2.05) is 6.07 Å². The van der Waals surface area contributed by atoms with Gasteiger partial charge in [0.2, 0.25) is 0 Å². The molecule has 1 aromatic carbocycles. The fourth-order valence-corrected chi connectivity index (χ4v) is 2.26. The molecule has 0 bridgehead atoms. The first-order chi connectivity index (χ1) is 8.04. The van der Waals surface area contributed by atoms with Gasteiger partial charge in [-0.15, -0.1) is 0 Å². The van der Waals surface area contributed by atoms with Crippen molar-refractivity contribution in [1.29, 1.82) is 0 Å². The molecule has 1 heterocycles. The third-order valence-corrected chi connectivity index (χ3v) is 3.41. The molecule has 5 heteroatoms. The van der Waals surface area contributed by atoms with Gasteiger partial charge >= 0.3 is 0 Å². The maximum absolute atomic E-state index is 6.04. The molecule has 0 amide bonds. The summed E-state index contributed by atoms with van der Waals surface area (Å²) in [6.07, 6.45) is 0. The SMILES string of the molecule is CC(C)c1nc2cc(Cl)c(Cl)cc2n1CCN. The van der Waals surface area contributed by atoms with Crippen LogP contribution in [0.5, 0.6) is 0 Å². The van der Waals surface area contributed by atoms with E-state index in [0.717, 1.165) is 23.4 Å². The molecule has 2 rings (SSSR count). The van der Waals surface area contributed by atoms with Crippen LogP contribution in [-0.2, 0) is 6.54 Å². The smallest absolute Gasteiger partial charge is 0.112 e. The number of nitrogens with zero attached hydrogens (tertiary/aromatic N) is 2. The molecule has 0 unspecified atom stereocenters. The topological polar surface area (TPSA) is 43.8 Å². The minimum absolute atomic E-state index is 0.339. The number of benzene rings is 1. The van der Waals surface area contributed by atoms with Gasteiger partial charge in [-0.05, 0) is 12.1 Å². The van der Waals surface area contributed by atoms with Crippen LogP contribution in [0.25, 0.3) is 11.0 Å². The molecule has 0 atom stereocenters. The van der Waals surface area contributed by atoms with Crippen LogP contribution < -0.4 is 5.73 Å². The van der Waals surface area contributed by atoms with Crippen molar-refractivity contribution in [3.63, 3.8) is 0 Å². The van der Waals surface area contributed by atoms with Crippen molar-refractivity contribution < 1.29 is 0 Å².